The van der Waals surface area contributed by atoms with Gasteiger partial charge in [0.2, 0.25) is 0 Å². The largest absolute Gasteiger partial charge is 0.446 e. The molecule has 0 saturated heterocycles. The predicted octanol–water partition coefficient (Wildman–Crippen LogP) is 5.60. The zero-order valence-corrected chi connectivity index (χ0v) is 16.4. The van der Waals surface area contributed by atoms with Gasteiger partial charge in [-0.3, -0.25) is 4.79 Å². The van der Waals surface area contributed by atoms with E-state index >= 15 is 0 Å². The molecule has 0 amide bonds. The van der Waals surface area contributed by atoms with Gasteiger partial charge in [-0.1, -0.05) is 52.9 Å². The van der Waals surface area contributed by atoms with Crippen LogP contribution in [0.2, 0.25) is 0 Å². The molecule has 0 heterocycles. The van der Waals surface area contributed by atoms with Crippen LogP contribution in [0.5, 0.6) is 0 Å². The highest BCUT2D eigenvalue weighted by atomic mass is 16.6. The maximum atomic E-state index is 11.7. The highest BCUT2D eigenvalue weighted by Crippen LogP contribution is 2.61. The van der Waals surface area contributed by atoms with Crippen molar-refractivity contribution in [2.45, 2.75) is 91.6 Å². The standard InChI is InChI=1S/C22H36O2/c1-7-22(24-18(5)23)15-9-14-21(6)19(12-13-20(21)22)17(4)11-8-10-16(2)3/h1,16-17,19-20H,8-15H2,2-6H3/t17?,19?,20?,21?,22-/m0/s1. The molecule has 136 valence electrons. The maximum Gasteiger partial charge on any atom is 0.304 e. The molecule has 0 spiro atoms. The summed E-state index contributed by atoms with van der Waals surface area (Å²) in [5.74, 6) is 5.24. The fourth-order valence-corrected chi connectivity index (χ4v) is 5.86. The van der Waals surface area contributed by atoms with Crippen LogP contribution in [0.25, 0.3) is 0 Å². The molecule has 2 heteroatoms. The summed E-state index contributed by atoms with van der Waals surface area (Å²) in [7, 11) is 0. The first-order chi connectivity index (χ1) is 11.2. The average Bonchev–Trinajstić information content (AvgIpc) is 2.84. The second kappa shape index (κ2) is 7.51. The minimum Gasteiger partial charge on any atom is -0.446 e. The Hall–Kier alpha value is -0.970. The monoisotopic (exact) mass is 332 g/mol. The van der Waals surface area contributed by atoms with Crippen molar-refractivity contribution in [1.29, 1.82) is 0 Å². The maximum absolute atomic E-state index is 11.7. The fourth-order valence-electron chi connectivity index (χ4n) is 5.86. The highest BCUT2D eigenvalue weighted by molar-refractivity contribution is 5.67. The number of hydrogen-bond donors (Lipinski definition) is 0. The smallest absolute Gasteiger partial charge is 0.304 e. The van der Waals surface area contributed by atoms with Crippen LogP contribution in [0, 0.1) is 41.4 Å². The first-order valence-electron chi connectivity index (χ1n) is 9.92. The number of rotatable bonds is 6. The minimum atomic E-state index is -0.661. The Morgan fingerprint density at radius 3 is 2.54 bits per heavy atom. The van der Waals surface area contributed by atoms with Crippen molar-refractivity contribution < 1.29 is 9.53 Å². The van der Waals surface area contributed by atoms with E-state index in [0.717, 1.165) is 31.1 Å². The molecule has 0 aliphatic heterocycles. The second-order valence-corrected chi connectivity index (χ2v) is 9.03. The zero-order chi connectivity index (χ0) is 18.0. The number of ether oxygens (including phenoxy) is 1. The van der Waals surface area contributed by atoms with E-state index in [2.05, 4.69) is 33.6 Å². The molecule has 0 bridgehead atoms. The van der Waals surface area contributed by atoms with Crippen LogP contribution < -0.4 is 0 Å². The normalized spacial score (nSPS) is 36.9. The lowest BCUT2D eigenvalue weighted by molar-refractivity contribution is -0.166. The molecule has 0 aromatic carbocycles. The fraction of sp³-hybridized carbons (Fsp3) is 0.864. The van der Waals surface area contributed by atoms with E-state index in [0.29, 0.717) is 11.8 Å². The van der Waals surface area contributed by atoms with E-state index < -0.39 is 5.60 Å². The highest BCUT2D eigenvalue weighted by Gasteiger charge is 2.59. The molecule has 0 aromatic rings. The molecule has 2 saturated carbocycles. The summed E-state index contributed by atoms with van der Waals surface area (Å²) < 4.78 is 5.77. The number of hydrogen-bond acceptors (Lipinski definition) is 2. The van der Waals surface area contributed by atoms with E-state index in [1.807, 2.05) is 0 Å². The molecule has 2 aliphatic rings. The molecular weight excluding hydrogens is 296 g/mol. The molecule has 2 rings (SSSR count). The Morgan fingerprint density at radius 1 is 1.25 bits per heavy atom. The number of esters is 1. The number of carbonyl (C=O) groups excluding carboxylic acids is 1. The molecule has 5 atom stereocenters. The van der Waals surface area contributed by atoms with Crippen molar-refractivity contribution >= 4 is 5.97 Å². The Balaban J connectivity index is 2.14. The van der Waals surface area contributed by atoms with Gasteiger partial charge in [0.1, 0.15) is 0 Å². The number of carbonyl (C=O) groups is 1. The van der Waals surface area contributed by atoms with Gasteiger partial charge in [-0.25, -0.2) is 0 Å². The molecular formula is C22H36O2. The average molecular weight is 333 g/mol. The number of fused-ring (bicyclic) bond motifs is 1. The Morgan fingerprint density at radius 2 is 1.96 bits per heavy atom. The summed E-state index contributed by atoms with van der Waals surface area (Å²) in [6, 6.07) is 0. The third-order valence-electron chi connectivity index (χ3n) is 6.93. The van der Waals surface area contributed by atoms with Crippen molar-refractivity contribution in [2.75, 3.05) is 0 Å². The Labute approximate surface area is 149 Å². The van der Waals surface area contributed by atoms with E-state index in [1.54, 1.807) is 0 Å². The quantitative estimate of drug-likeness (QED) is 0.467. The summed E-state index contributed by atoms with van der Waals surface area (Å²) >= 11 is 0. The molecule has 24 heavy (non-hydrogen) atoms. The minimum absolute atomic E-state index is 0.220. The summed E-state index contributed by atoms with van der Waals surface area (Å²) in [6.45, 7) is 10.9. The van der Waals surface area contributed by atoms with Crippen LogP contribution in [0.1, 0.15) is 86.0 Å². The third-order valence-corrected chi connectivity index (χ3v) is 6.93. The van der Waals surface area contributed by atoms with Gasteiger partial charge < -0.3 is 4.74 Å². The van der Waals surface area contributed by atoms with Crippen LogP contribution in [0.15, 0.2) is 0 Å². The van der Waals surface area contributed by atoms with E-state index in [1.165, 1.54) is 39.0 Å². The van der Waals surface area contributed by atoms with Crippen molar-refractivity contribution in [3.05, 3.63) is 0 Å². The van der Waals surface area contributed by atoms with E-state index in [9.17, 15) is 4.79 Å². The Kier molecular flexibility index (Phi) is 6.05. The first kappa shape index (κ1) is 19.4. The van der Waals surface area contributed by atoms with Gasteiger partial charge in [0.15, 0.2) is 5.60 Å². The summed E-state index contributed by atoms with van der Waals surface area (Å²) in [4.78, 5) is 11.7. The van der Waals surface area contributed by atoms with Crippen molar-refractivity contribution in [1.82, 2.24) is 0 Å². The van der Waals surface area contributed by atoms with Crippen LogP contribution in [-0.4, -0.2) is 11.6 Å². The molecule has 0 aromatic heterocycles. The molecule has 4 unspecified atom stereocenters. The lowest BCUT2D eigenvalue weighted by atomic mass is 9.57. The van der Waals surface area contributed by atoms with Gasteiger partial charge in [-0.15, -0.1) is 6.42 Å². The molecule has 2 nitrogen and oxygen atoms in total. The lowest BCUT2D eigenvalue weighted by Crippen LogP contribution is -2.51. The van der Waals surface area contributed by atoms with E-state index in [-0.39, 0.29) is 11.4 Å². The van der Waals surface area contributed by atoms with Crippen LogP contribution in [-0.2, 0) is 9.53 Å². The SMILES string of the molecule is C#C[C@]1(OC(C)=O)CCCC2(C)C(C(C)CCCC(C)C)CCC21. The number of terminal acetylenes is 1. The summed E-state index contributed by atoms with van der Waals surface area (Å²) in [5, 5.41) is 0. The van der Waals surface area contributed by atoms with Gasteiger partial charge in [0.25, 0.3) is 0 Å². The van der Waals surface area contributed by atoms with Gasteiger partial charge in [-0.05, 0) is 55.3 Å². The van der Waals surface area contributed by atoms with Crippen molar-refractivity contribution in [2.24, 2.45) is 29.1 Å². The predicted molar refractivity (Wildman–Crippen MR) is 99.4 cm³/mol. The lowest BCUT2D eigenvalue weighted by Gasteiger charge is -2.50. The van der Waals surface area contributed by atoms with Crippen LogP contribution in [0.4, 0.5) is 0 Å². The van der Waals surface area contributed by atoms with Gasteiger partial charge in [0.05, 0.1) is 0 Å². The van der Waals surface area contributed by atoms with Gasteiger partial charge >= 0.3 is 5.97 Å². The Bertz CT molecular complexity index is 489. The van der Waals surface area contributed by atoms with Crippen molar-refractivity contribution in [3.63, 3.8) is 0 Å². The second-order valence-electron chi connectivity index (χ2n) is 9.03. The topological polar surface area (TPSA) is 26.3 Å². The first-order valence-corrected chi connectivity index (χ1v) is 9.92. The summed E-state index contributed by atoms with van der Waals surface area (Å²) in [6.07, 6.45) is 15.3. The molecule has 0 radical (unpaired) electrons. The van der Waals surface area contributed by atoms with Gasteiger partial charge in [-0.2, -0.15) is 0 Å². The van der Waals surface area contributed by atoms with Crippen molar-refractivity contribution in [3.8, 4) is 12.3 Å². The van der Waals surface area contributed by atoms with E-state index in [4.69, 9.17) is 11.2 Å². The third kappa shape index (κ3) is 3.66. The zero-order valence-electron chi connectivity index (χ0n) is 16.4. The van der Waals surface area contributed by atoms with Crippen LogP contribution >= 0.6 is 0 Å². The molecule has 2 aliphatic carbocycles. The van der Waals surface area contributed by atoms with Crippen LogP contribution in [0.3, 0.4) is 0 Å². The molecule has 0 N–H and O–H groups in total. The summed E-state index contributed by atoms with van der Waals surface area (Å²) in [5.41, 5.74) is -0.442. The van der Waals surface area contributed by atoms with Gasteiger partial charge in [0, 0.05) is 12.8 Å². The molecule has 2 fully saturated rings.